The van der Waals surface area contributed by atoms with Crippen LogP contribution in [0.3, 0.4) is 0 Å². The van der Waals surface area contributed by atoms with E-state index in [0.717, 1.165) is 0 Å². The van der Waals surface area contributed by atoms with Gasteiger partial charge in [0, 0.05) is 1.43 Å². The smallest absolute Gasteiger partial charge is 0.286 e. The largest absolute Gasteiger partial charge is 0.425 e. The fourth-order valence-corrected chi connectivity index (χ4v) is 7.59. The van der Waals surface area contributed by atoms with Crippen LogP contribution in [-0.2, 0) is 16.5 Å². The van der Waals surface area contributed by atoms with E-state index in [4.69, 9.17) is 16.5 Å². The fraction of sp³-hybridized carbons (Fsp3) is 0. The van der Waals surface area contributed by atoms with Crippen LogP contribution in [-0.4, -0.2) is 40.0 Å². The number of hydrogen-bond donors (Lipinski definition) is 0. The zero-order valence-corrected chi connectivity index (χ0v) is 10.1. The second kappa shape index (κ2) is 4.57. The van der Waals surface area contributed by atoms with E-state index in [1.807, 2.05) is 0 Å². The van der Waals surface area contributed by atoms with Crippen molar-refractivity contribution in [3.05, 3.63) is 0 Å². The molecule has 0 aromatic heterocycles. The van der Waals surface area contributed by atoms with Crippen molar-refractivity contribution in [2.75, 3.05) is 0 Å². The topological polar surface area (TPSA) is 36.9 Å². The summed E-state index contributed by atoms with van der Waals surface area (Å²) in [4.78, 5) is 0. The first kappa shape index (κ1) is 6.82. The van der Waals surface area contributed by atoms with Crippen LogP contribution in [0, 0.1) is 0 Å². The molecule has 0 atom stereocenters. The van der Waals surface area contributed by atoms with Crippen molar-refractivity contribution in [2.45, 2.75) is 0 Å². The third-order valence-electron chi connectivity index (χ3n) is 0.667. The van der Waals surface area contributed by atoms with Crippen molar-refractivity contribution >= 4 is 40.0 Å². The van der Waals surface area contributed by atoms with Gasteiger partial charge < -0.3 is 16.5 Å². The molecule has 0 radical (unpaired) electrons. The molecule has 1 fully saturated rings. The van der Waals surface area contributed by atoms with E-state index < -0.39 is 40.0 Å². The van der Waals surface area contributed by atoms with E-state index in [-0.39, 0.29) is 1.43 Å². The van der Waals surface area contributed by atoms with E-state index >= 15 is 0 Å². The molecular formula is H10O4Si4. The summed E-state index contributed by atoms with van der Waals surface area (Å²) in [5.74, 6) is 0. The third kappa shape index (κ3) is 2.88. The molecule has 1 aliphatic rings. The molecule has 1 saturated heterocycles. The van der Waals surface area contributed by atoms with Gasteiger partial charge in [-0.2, -0.15) is 0 Å². The standard InChI is InChI=1S/H8O4Si4.H2/c1-5-2-7-4-8-3-6-1;/h5-8H2;1H. The SMILES string of the molecule is O1[SiH2]O[SiH2]O[SiH2]O[SiH2]1.[HH]. The Morgan fingerprint density at radius 1 is 0.625 bits per heavy atom. The van der Waals surface area contributed by atoms with Gasteiger partial charge in [0.2, 0.25) is 0 Å². The fourth-order valence-electron chi connectivity index (χ4n) is 0.372. The van der Waals surface area contributed by atoms with Gasteiger partial charge in [-0.05, 0) is 0 Å². The van der Waals surface area contributed by atoms with Crippen molar-refractivity contribution in [1.29, 1.82) is 0 Å². The first-order chi connectivity index (χ1) is 4.00. The molecule has 1 aliphatic heterocycles. The van der Waals surface area contributed by atoms with E-state index in [9.17, 15) is 0 Å². The van der Waals surface area contributed by atoms with Gasteiger partial charge in [0.1, 0.15) is 0 Å². The van der Waals surface area contributed by atoms with Gasteiger partial charge in [-0.3, -0.25) is 0 Å². The molecule has 0 aliphatic carbocycles. The molecule has 8 heavy (non-hydrogen) atoms. The van der Waals surface area contributed by atoms with Crippen molar-refractivity contribution in [3.63, 3.8) is 0 Å². The highest BCUT2D eigenvalue weighted by Crippen LogP contribution is 1.79. The Balaban J connectivity index is 0.000000640. The number of rotatable bonds is 0. The van der Waals surface area contributed by atoms with E-state index in [1.165, 1.54) is 0 Å². The normalized spacial score (nSPS) is 36.0. The molecule has 0 amide bonds. The van der Waals surface area contributed by atoms with Crippen LogP contribution in [0.2, 0.25) is 0 Å². The maximum Gasteiger partial charge on any atom is 0.286 e. The Morgan fingerprint density at radius 3 is 1.12 bits per heavy atom. The predicted octanol–water partition coefficient (Wildman–Crippen LogP) is -3.69. The van der Waals surface area contributed by atoms with Gasteiger partial charge in [-0.25, -0.2) is 0 Å². The minimum absolute atomic E-state index is 0. The lowest BCUT2D eigenvalue weighted by molar-refractivity contribution is 0.347. The summed E-state index contributed by atoms with van der Waals surface area (Å²) in [7, 11) is -2.61. The highest BCUT2D eigenvalue weighted by Gasteiger charge is 1.97. The lowest BCUT2D eigenvalue weighted by Crippen LogP contribution is -2.23. The summed E-state index contributed by atoms with van der Waals surface area (Å²) in [5.41, 5.74) is 0. The summed E-state index contributed by atoms with van der Waals surface area (Å²) >= 11 is 0. The van der Waals surface area contributed by atoms with Crippen LogP contribution >= 0.6 is 0 Å². The quantitative estimate of drug-likeness (QED) is 0.365. The van der Waals surface area contributed by atoms with Crippen molar-refractivity contribution in [1.82, 2.24) is 0 Å². The summed E-state index contributed by atoms with van der Waals surface area (Å²) in [6.07, 6.45) is 0. The highest BCUT2D eigenvalue weighted by molar-refractivity contribution is 6.50. The second-order valence-electron chi connectivity index (χ2n) is 1.29. The second-order valence-corrected chi connectivity index (χ2v) is 8.76. The Morgan fingerprint density at radius 2 is 0.875 bits per heavy atom. The Labute approximate surface area is 58.6 Å². The summed E-state index contributed by atoms with van der Waals surface area (Å²) in [6, 6.07) is 0. The zero-order valence-electron chi connectivity index (χ0n) is 4.46. The maximum atomic E-state index is 5.10. The van der Waals surface area contributed by atoms with Crippen molar-refractivity contribution in [3.8, 4) is 0 Å². The van der Waals surface area contributed by atoms with Crippen molar-refractivity contribution in [2.24, 2.45) is 0 Å². The maximum absolute atomic E-state index is 5.10. The zero-order chi connectivity index (χ0) is 5.66. The molecule has 0 bridgehead atoms. The molecule has 1 rings (SSSR count). The van der Waals surface area contributed by atoms with Crippen LogP contribution < -0.4 is 0 Å². The highest BCUT2D eigenvalue weighted by atomic mass is 28.4. The minimum atomic E-state index is -0.653. The van der Waals surface area contributed by atoms with Crippen LogP contribution in [0.25, 0.3) is 0 Å². The van der Waals surface area contributed by atoms with Gasteiger partial charge in [-0.15, -0.1) is 0 Å². The van der Waals surface area contributed by atoms with Crippen LogP contribution in [0.4, 0.5) is 0 Å². The Hall–Kier alpha value is 0.708. The average molecular weight is 186 g/mol. The Bertz CT molecular complexity index is 36.5. The van der Waals surface area contributed by atoms with Crippen LogP contribution in [0.1, 0.15) is 1.43 Å². The van der Waals surface area contributed by atoms with Crippen molar-refractivity contribution < 1.29 is 17.9 Å². The van der Waals surface area contributed by atoms with E-state index in [0.29, 0.717) is 0 Å². The summed E-state index contributed by atoms with van der Waals surface area (Å²) < 4.78 is 20.4. The van der Waals surface area contributed by atoms with Crippen LogP contribution in [0.5, 0.6) is 0 Å². The first-order valence-electron chi connectivity index (χ1n) is 2.31. The molecule has 0 spiro atoms. The molecule has 50 valence electrons. The monoisotopic (exact) mass is 186 g/mol. The molecular weight excluding hydrogens is 176 g/mol. The van der Waals surface area contributed by atoms with E-state index in [2.05, 4.69) is 0 Å². The first-order valence-corrected chi connectivity index (χ1v) is 6.93. The molecule has 1 heterocycles. The average Bonchev–Trinajstić information content (AvgIpc) is 1.62. The lowest BCUT2D eigenvalue weighted by atomic mass is 15.7. The Kier molecular flexibility index (Phi) is 3.90. The number of hydrogen-bond acceptors (Lipinski definition) is 4. The minimum Gasteiger partial charge on any atom is -0.425 e. The molecule has 0 saturated carbocycles. The molecule has 0 unspecified atom stereocenters. The predicted molar refractivity (Wildman–Crippen MR) is 40.6 cm³/mol. The molecule has 0 aromatic carbocycles. The lowest BCUT2D eigenvalue weighted by Gasteiger charge is -2.10. The van der Waals surface area contributed by atoms with E-state index in [1.54, 1.807) is 0 Å². The molecule has 0 N–H and O–H groups in total. The molecule has 4 nitrogen and oxygen atoms in total. The third-order valence-corrected chi connectivity index (χ3v) is 6.00. The summed E-state index contributed by atoms with van der Waals surface area (Å²) in [5, 5.41) is 0. The molecule has 8 heteroatoms. The molecule has 0 aromatic rings. The van der Waals surface area contributed by atoms with Gasteiger partial charge in [0.15, 0.2) is 0 Å². The van der Waals surface area contributed by atoms with Crippen LogP contribution in [0.15, 0.2) is 0 Å². The van der Waals surface area contributed by atoms with Gasteiger partial charge in [0.25, 0.3) is 40.0 Å². The van der Waals surface area contributed by atoms with Gasteiger partial charge in [0.05, 0.1) is 0 Å². The van der Waals surface area contributed by atoms with Gasteiger partial charge in [-0.1, -0.05) is 0 Å². The van der Waals surface area contributed by atoms with Gasteiger partial charge >= 0.3 is 0 Å². The summed E-state index contributed by atoms with van der Waals surface area (Å²) in [6.45, 7) is 0.